The lowest BCUT2D eigenvalue weighted by molar-refractivity contribution is -0.157. The normalized spacial score (nSPS) is 20.4. The third-order valence-electron chi connectivity index (χ3n) is 10.6. The number of anilines is 1. The van der Waals surface area contributed by atoms with Crippen LogP contribution in [0.1, 0.15) is 116 Å². The quantitative estimate of drug-likeness (QED) is 0.0598. The number of ether oxygens (including phenoxy) is 1. The fourth-order valence-electron chi connectivity index (χ4n) is 7.92. The number of carbonyl (C=O) groups excluding carboxylic acids is 2. The first-order valence-corrected chi connectivity index (χ1v) is 19.3. The molecule has 0 fully saturated rings. The number of ketones is 1. The van der Waals surface area contributed by atoms with Crippen molar-refractivity contribution in [3.05, 3.63) is 92.0 Å². The molecular formula is C41H46F4N2O4S. The molecule has 278 valence electrons. The first kappa shape index (κ1) is 37.8. The molecule has 1 aliphatic heterocycles. The van der Waals surface area contributed by atoms with Crippen molar-refractivity contribution in [2.45, 2.75) is 103 Å². The smallest absolute Gasteiger partial charge is 0.340 e. The van der Waals surface area contributed by atoms with E-state index in [1.807, 2.05) is 17.5 Å². The molecule has 3 atom stereocenters. The van der Waals surface area contributed by atoms with Gasteiger partial charge in [-0.05, 0) is 91.1 Å². The number of alkyl halides is 4. The van der Waals surface area contributed by atoms with Crippen molar-refractivity contribution in [2.24, 2.45) is 17.0 Å². The van der Waals surface area contributed by atoms with E-state index in [1.165, 1.54) is 41.3 Å². The molecule has 3 aliphatic carbocycles. The van der Waals surface area contributed by atoms with Gasteiger partial charge in [-0.2, -0.15) is 8.78 Å². The van der Waals surface area contributed by atoms with Crippen LogP contribution in [0.2, 0.25) is 0 Å². The maximum atomic E-state index is 14.1. The minimum absolute atomic E-state index is 0.00929. The summed E-state index contributed by atoms with van der Waals surface area (Å²) in [4.78, 5) is 34.5. The van der Waals surface area contributed by atoms with E-state index < -0.39 is 24.9 Å². The van der Waals surface area contributed by atoms with Gasteiger partial charge in [0.1, 0.15) is 5.76 Å². The summed E-state index contributed by atoms with van der Waals surface area (Å²) in [6, 6.07) is 5.81. The Hall–Kier alpha value is -3.99. The minimum Gasteiger partial charge on any atom is -0.487 e. The number of rotatable bonds is 15. The molecule has 0 bridgehead atoms. The first-order chi connectivity index (χ1) is 25.0. The molecule has 0 saturated carbocycles. The topological polar surface area (TPSA) is 68.2 Å². The van der Waals surface area contributed by atoms with Crippen molar-refractivity contribution >= 4 is 40.6 Å². The van der Waals surface area contributed by atoms with Crippen LogP contribution in [0.3, 0.4) is 0 Å². The standard InChI is InChI=1S/C41H46F4N2O4S/c1-4-6-12-26(5-2)23-47-34-19-18-27(37(46-51-25(3)48)30-15-9-10-16-35(30)50-24-41(44,45)40(42)43)21-31(34)32-22-33(39(49)36-17-11-20-52-36)28-13-7-8-14-29(28)38(32)47/h7,10-11,13,16-17,19-20,22,26-27,31,40H,4-6,8-9,12,14-15,18,21,23-24H2,1-3H3/b46-37+. The van der Waals surface area contributed by atoms with Crippen molar-refractivity contribution in [2.75, 3.05) is 18.1 Å². The highest BCUT2D eigenvalue weighted by Gasteiger charge is 2.44. The van der Waals surface area contributed by atoms with Gasteiger partial charge in [-0.25, -0.2) is 13.6 Å². The van der Waals surface area contributed by atoms with E-state index in [9.17, 15) is 27.2 Å². The molecular weight excluding hydrogens is 693 g/mol. The largest absolute Gasteiger partial charge is 0.487 e. The van der Waals surface area contributed by atoms with Gasteiger partial charge in [-0.15, -0.1) is 11.3 Å². The number of nitrogens with zero attached hydrogens (tertiary/aromatic N) is 2. The van der Waals surface area contributed by atoms with Gasteiger partial charge in [0.25, 0.3) is 0 Å². The van der Waals surface area contributed by atoms with E-state index in [-0.39, 0.29) is 23.4 Å². The van der Waals surface area contributed by atoms with E-state index in [0.29, 0.717) is 53.3 Å². The maximum Gasteiger partial charge on any atom is 0.340 e. The van der Waals surface area contributed by atoms with Gasteiger partial charge in [0.15, 0.2) is 6.61 Å². The summed E-state index contributed by atoms with van der Waals surface area (Å²) in [5.74, 6) is -4.93. The van der Waals surface area contributed by atoms with Crippen molar-refractivity contribution < 1.29 is 36.7 Å². The number of oxime groups is 1. The molecule has 0 N–H and O–H groups in total. The molecule has 0 radical (unpaired) electrons. The van der Waals surface area contributed by atoms with Crippen molar-refractivity contribution in [1.29, 1.82) is 0 Å². The number of halogens is 4. The van der Waals surface area contributed by atoms with Gasteiger partial charge in [-0.3, -0.25) is 4.79 Å². The summed E-state index contributed by atoms with van der Waals surface area (Å²) >= 11 is 1.42. The summed E-state index contributed by atoms with van der Waals surface area (Å²) in [6.07, 6.45) is 13.9. The Morgan fingerprint density at radius 3 is 2.63 bits per heavy atom. The van der Waals surface area contributed by atoms with Crippen LogP contribution in [0, 0.1) is 11.8 Å². The molecule has 6 rings (SSSR count). The second-order valence-electron chi connectivity index (χ2n) is 14.1. The predicted molar refractivity (Wildman–Crippen MR) is 197 cm³/mol. The molecule has 52 heavy (non-hydrogen) atoms. The summed E-state index contributed by atoms with van der Waals surface area (Å²) in [7, 11) is 0. The molecule has 0 saturated heterocycles. The molecule has 3 unspecified atom stereocenters. The number of benzene rings is 1. The summed E-state index contributed by atoms with van der Waals surface area (Å²) in [5, 5.41) is 6.20. The lowest BCUT2D eigenvalue weighted by atomic mass is 9.76. The van der Waals surface area contributed by atoms with Gasteiger partial charge in [0.05, 0.1) is 10.6 Å². The van der Waals surface area contributed by atoms with Crippen molar-refractivity contribution in [3.63, 3.8) is 0 Å². The molecule has 1 aromatic heterocycles. The minimum atomic E-state index is -4.34. The summed E-state index contributed by atoms with van der Waals surface area (Å²) in [6.45, 7) is 5.03. The SMILES string of the molecule is CCCCC(CC)CN1C2=CCC(/C(=N\OC(C)=O)C3=C(OCC(F)(F)C(F)F)C=CCC3)CC2c2cc(C(=O)c3cccs3)c3c(c21)CCC=C3. The third kappa shape index (κ3) is 7.84. The van der Waals surface area contributed by atoms with Gasteiger partial charge in [-0.1, -0.05) is 68.6 Å². The fraction of sp³-hybridized carbons (Fsp3) is 0.488. The maximum absolute atomic E-state index is 14.1. The highest BCUT2D eigenvalue weighted by Crippen LogP contribution is 2.54. The average molecular weight is 739 g/mol. The number of thiophene rings is 1. The summed E-state index contributed by atoms with van der Waals surface area (Å²) < 4.78 is 59.4. The van der Waals surface area contributed by atoms with Crippen LogP contribution in [-0.2, 0) is 20.8 Å². The van der Waals surface area contributed by atoms with Gasteiger partial charge < -0.3 is 14.5 Å². The second kappa shape index (κ2) is 16.4. The Bertz CT molecular complexity index is 1810. The first-order valence-electron chi connectivity index (χ1n) is 18.4. The molecule has 1 aromatic carbocycles. The number of carbonyl (C=O) groups is 2. The van der Waals surface area contributed by atoms with Crippen LogP contribution in [-0.4, -0.2) is 43.0 Å². The van der Waals surface area contributed by atoms with Crippen molar-refractivity contribution in [1.82, 2.24) is 0 Å². The molecule has 4 aliphatic rings. The fourth-order valence-corrected chi connectivity index (χ4v) is 8.60. The highest BCUT2D eigenvalue weighted by atomic mass is 32.1. The number of hydrogen-bond acceptors (Lipinski definition) is 7. The second-order valence-corrected chi connectivity index (χ2v) is 15.0. The lowest BCUT2D eigenvalue weighted by Crippen LogP contribution is -2.33. The Balaban J connectivity index is 1.45. The van der Waals surface area contributed by atoms with E-state index in [4.69, 9.17) is 9.57 Å². The van der Waals surface area contributed by atoms with E-state index >= 15 is 0 Å². The molecule has 2 heterocycles. The Morgan fingerprint density at radius 2 is 1.92 bits per heavy atom. The predicted octanol–water partition coefficient (Wildman–Crippen LogP) is 10.8. The van der Waals surface area contributed by atoms with E-state index in [2.05, 4.69) is 48.2 Å². The zero-order chi connectivity index (χ0) is 37.0. The van der Waals surface area contributed by atoms with E-state index in [0.717, 1.165) is 56.2 Å². The molecule has 0 spiro atoms. The van der Waals surface area contributed by atoms with Crippen LogP contribution in [0.15, 0.2) is 70.1 Å². The van der Waals surface area contributed by atoms with Crippen LogP contribution in [0.5, 0.6) is 0 Å². The monoisotopic (exact) mass is 738 g/mol. The van der Waals surface area contributed by atoms with Gasteiger partial charge in [0, 0.05) is 47.8 Å². The molecule has 11 heteroatoms. The lowest BCUT2D eigenvalue weighted by Gasteiger charge is -2.33. The zero-order valence-electron chi connectivity index (χ0n) is 29.9. The number of allylic oxidation sites excluding steroid dienone is 6. The average Bonchev–Trinajstić information content (AvgIpc) is 3.79. The summed E-state index contributed by atoms with van der Waals surface area (Å²) in [5.41, 5.74) is 7.11. The van der Waals surface area contributed by atoms with Gasteiger partial charge >= 0.3 is 18.3 Å². The van der Waals surface area contributed by atoms with Crippen LogP contribution in [0.25, 0.3) is 6.08 Å². The van der Waals surface area contributed by atoms with Gasteiger partial charge in [0.2, 0.25) is 5.78 Å². The number of unbranched alkanes of at least 4 members (excludes halogenated alkanes) is 1. The Morgan fingerprint density at radius 1 is 1.13 bits per heavy atom. The number of fused-ring (bicyclic) bond motifs is 5. The Labute approximate surface area is 306 Å². The highest BCUT2D eigenvalue weighted by molar-refractivity contribution is 7.12. The molecule has 0 amide bonds. The van der Waals surface area contributed by atoms with Crippen LogP contribution >= 0.6 is 11.3 Å². The van der Waals surface area contributed by atoms with Crippen molar-refractivity contribution in [3.8, 4) is 0 Å². The third-order valence-corrected chi connectivity index (χ3v) is 11.4. The van der Waals surface area contributed by atoms with E-state index in [1.54, 1.807) is 6.08 Å². The number of hydrogen-bond donors (Lipinski definition) is 0. The molecule has 6 nitrogen and oxygen atoms in total. The zero-order valence-corrected chi connectivity index (χ0v) is 30.8. The van der Waals surface area contributed by atoms with Crippen LogP contribution < -0.4 is 4.90 Å². The Kier molecular flexibility index (Phi) is 11.9. The van der Waals surface area contributed by atoms with Crippen LogP contribution in [0.4, 0.5) is 23.2 Å². The molecule has 2 aromatic rings.